The highest BCUT2D eigenvalue weighted by Crippen LogP contribution is 2.30. The molecule has 0 N–H and O–H groups in total. The van der Waals surface area contributed by atoms with E-state index in [-0.39, 0.29) is 5.97 Å². The summed E-state index contributed by atoms with van der Waals surface area (Å²) in [7, 11) is 0. The Bertz CT molecular complexity index is 1080. The number of likely N-dealkylation sites (tertiary alicyclic amines) is 1. The third-order valence-electron chi connectivity index (χ3n) is 7.73. The van der Waals surface area contributed by atoms with Crippen molar-refractivity contribution >= 4 is 16.7 Å². The second-order valence-electron chi connectivity index (χ2n) is 11.1. The zero-order valence-electron chi connectivity index (χ0n) is 24.9. The molecule has 6 heteroatoms. The van der Waals surface area contributed by atoms with Gasteiger partial charge in [0, 0.05) is 31.4 Å². The van der Waals surface area contributed by atoms with Crippen molar-refractivity contribution in [3.63, 3.8) is 0 Å². The van der Waals surface area contributed by atoms with E-state index in [0.29, 0.717) is 25.1 Å². The van der Waals surface area contributed by atoms with Crippen LogP contribution in [0.4, 0.5) is 8.78 Å². The first kappa shape index (κ1) is 32.9. The van der Waals surface area contributed by atoms with Crippen molar-refractivity contribution in [2.45, 2.75) is 110 Å². The van der Waals surface area contributed by atoms with Crippen LogP contribution in [0.5, 0.6) is 5.75 Å². The highest BCUT2D eigenvalue weighted by Gasteiger charge is 2.25. The number of esters is 1. The summed E-state index contributed by atoms with van der Waals surface area (Å²) < 4.78 is 35.6. The van der Waals surface area contributed by atoms with Crippen LogP contribution in [0, 0.1) is 0 Å². The van der Waals surface area contributed by atoms with Gasteiger partial charge in [0.1, 0.15) is 5.75 Å². The second kappa shape index (κ2) is 19.5. The van der Waals surface area contributed by atoms with Gasteiger partial charge in [0.25, 0.3) is 0 Å². The minimum absolute atomic E-state index is 0.190. The number of alkyl halides is 2. The van der Waals surface area contributed by atoms with Gasteiger partial charge in [-0.05, 0) is 68.4 Å². The Morgan fingerprint density at radius 2 is 1.66 bits per heavy atom. The largest absolute Gasteiger partial charge is 0.426 e. The maximum Gasteiger partial charge on any atom is 0.345 e. The summed E-state index contributed by atoms with van der Waals surface area (Å²) in [5.74, 6) is 0.413. The lowest BCUT2D eigenvalue weighted by molar-refractivity contribution is -0.158. The number of fused-ring (bicyclic) bond motifs is 1. The molecule has 1 aliphatic rings. The molecule has 2 aromatic carbocycles. The van der Waals surface area contributed by atoms with Gasteiger partial charge in [-0.2, -0.15) is 8.78 Å². The molecule has 0 aromatic heterocycles. The summed E-state index contributed by atoms with van der Waals surface area (Å²) >= 11 is 0. The van der Waals surface area contributed by atoms with Crippen LogP contribution >= 0.6 is 0 Å². The lowest BCUT2D eigenvalue weighted by Crippen LogP contribution is -2.26. The Morgan fingerprint density at radius 3 is 2.41 bits per heavy atom. The number of hydrogen-bond acceptors (Lipinski definition) is 4. The molecule has 0 radical (unpaired) electrons. The maximum absolute atomic E-state index is 12.7. The smallest absolute Gasteiger partial charge is 0.345 e. The van der Waals surface area contributed by atoms with Gasteiger partial charge in [-0.3, -0.25) is 4.79 Å². The van der Waals surface area contributed by atoms with Crippen molar-refractivity contribution in [2.24, 2.45) is 0 Å². The van der Waals surface area contributed by atoms with Crippen LogP contribution in [0.25, 0.3) is 10.8 Å². The van der Waals surface area contributed by atoms with E-state index >= 15 is 0 Å². The van der Waals surface area contributed by atoms with E-state index in [9.17, 15) is 13.6 Å². The first-order chi connectivity index (χ1) is 20.1. The molecule has 0 spiro atoms. The van der Waals surface area contributed by atoms with Gasteiger partial charge in [0.15, 0.2) is 0 Å². The van der Waals surface area contributed by atoms with Crippen molar-refractivity contribution < 1.29 is 23.0 Å². The van der Waals surface area contributed by atoms with E-state index < -0.39 is 12.7 Å². The van der Waals surface area contributed by atoms with E-state index in [1.54, 1.807) is 0 Å². The average molecular weight is 570 g/mol. The Balaban J connectivity index is 1.34. The summed E-state index contributed by atoms with van der Waals surface area (Å²) in [6, 6.07) is 11.9. The molecule has 0 aliphatic carbocycles. The fourth-order valence-electron chi connectivity index (χ4n) is 5.47. The number of carbonyl (C=O) groups excluding carboxylic acids is 1. The molecule has 3 rings (SSSR count). The van der Waals surface area contributed by atoms with Crippen LogP contribution in [0.3, 0.4) is 0 Å². The summed E-state index contributed by atoms with van der Waals surface area (Å²) in [6.45, 7) is 1.53. The number of halogens is 2. The minimum Gasteiger partial charge on any atom is -0.426 e. The van der Waals surface area contributed by atoms with Gasteiger partial charge in [0.2, 0.25) is 0 Å². The van der Waals surface area contributed by atoms with Crippen LogP contribution in [0.1, 0.15) is 96.0 Å². The van der Waals surface area contributed by atoms with Crippen molar-refractivity contribution in [3.05, 3.63) is 66.3 Å². The molecular weight excluding hydrogens is 520 g/mol. The number of carbonyl (C=O) groups is 1. The van der Waals surface area contributed by atoms with Crippen LogP contribution in [-0.2, 0) is 16.0 Å². The molecule has 0 amide bonds. The van der Waals surface area contributed by atoms with E-state index in [2.05, 4.69) is 46.9 Å². The highest BCUT2D eigenvalue weighted by atomic mass is 19.3. The fraction of sp³-hybridized carbons (Fsp3) is 0.571. The van der Waals surface area contributed by atoms with Gasteiger partial charge in [0.05, 0.1) is 6.10 Å². The van der Waals surface area contributed by atoms with Crippen LogP contribution in [-0.4, -0.2) is 43.2 Å². The monoisotopic (exact) mass is 569 g/mol. The van der Waals surface area contributed by atoms with Crippen LogP contribution < -0.4 is 4.74 Å². The number of nitrogens with zero attached hydrogens (tertiary/aromatic N) is 1. The predicted molar refractivity (Wildman–Crippen MR) is 165 cm³/mol. The normalized spacial score (nSPS) is 16.1. The molecular formula is C35H49F2NO3. The zero-order chi connectivity index (χ0) is 29.1. The topological polar surface area (TPSA) is 38.8 Å². The fourth-order valence-corrected chi connectivity index (χ4v) is 5.47. The van der Waals surface area contributed by atoms with Crippen LogP contribution in [0.15, 0.2) is 60.7 Å². The lowest BCUT2D eigenvalue weighted by atomic mass is 10.0. The van der Waals surface area contributed by atoms with Gasteiger partial charge >= 0.3 is 12.6 Å². The quantitative estimate of drug-likeness (QED) is 0.0689. The van der Waals surface area contributed by atoms with Gasteiger partial charge in [-0.1, -0.05) is 93.7 Å². The Kier molecular flexibility index (Phi) is 15.7. The van der Waals surface area contributed by atoms with E-state index in [1.807, 2.05) is 30.3 Å². The third-order valence-corrected chi connectivity index (χ3v) is 7.73. The maximum atomic E-state index is 12.7. The molecule has 41 heavy (non-hydrogen) atoms. The summed E-state index contributed by atoms with van der Waals surface area (Å²) in [5.41, 5.74) is 1.10. The van der Waals surface area contributed by atoms with Crippen LogP contribution in [0.2, 0.25) is 0 Å². The van der Waals surface area contributed by atoms with E-state index in [1.165, 1.54) is 38.5 Å². The molecule has 2 aromatic rings. The van der Waals surface area contributed by atoms with E-state index in [4.69, 9.17) is 4.74 Å². The number of rotatable bonds is 20. The molecule has 0 saturated carbocycles. The molecule has 4 nitrogen and oxygen atoms in total. The summed E-state index contributed by atoms with van der Waals surface area (Å²) in [6.07, 6.45) is 23.1. The first-order valence-electron chi connectivity index (χ1n) is 15.7. The SMILES string of the molecule is CCCCC/C=C\C/C=C\CCCCCCCC(=O)Oc1cccc2cccc(CCN3CC[C@H](OC(F)F)C3)c12. The Labute approximate surface area is 245 Å². The van der Waals surface area contributed by atoms with Gasteiger partial charge in [-0.15, -0.1) is 0 Å². The average Bonchev–Trinajstić information content (AvgIpc) is 3.40. The van der Waals surface area contributed by atoms with Gasteiger partial charge < -0.3 is 14.4 Å². The standard InChI is InChI=1S/C35H49F2NO3/c1-2-3-4-5-6-7-8-9-10-11-12-13-14-15-16-23-33(39)41-32-22-18-21-29-19-17-20-30(34(29)32)24-26-38-27-25-31(28-38)40-35(36)37/h6-7,9-10,17-22,31,35H,2-5,8,11-16,23-28H2,1H3/b7-6-,10-9-/t31-/m0/s1. The van der Waals surface area contributed by atoms with Gasteiger partial charge in [-0.25, -0.2) is 0 Å². The molecule has 226 valence electrons. The zero-order valence-corrected chi connectivity index (χ0v) is 24.9. The number of benzene rings is 2. The highest BCUT2D eigenvalue weighted by molar-refractivity contribution is 5.93. The number of ether oxygens (including phenoxy) is 2. The molecule has 1 saturated heterocycles. The molecule has 1 fully saturated rings. The number of unbranched alkanes of at least 4 members (excludes halogenated alkanes) is 8. The molecule has 0 bridgehead atoms. The Hall–Kier alpha value is -2.57. The Morgan fingerprint density at radius 1 is 0.951 bits per heavy atom. The number of hydrogen-bond donors (Lipinski definition) is 0. The molecule has 1 atom stereocenters. The van der Waals surface area contributed by atoms with Crippen molar-refractivity contribution in [3.8, 4) is 5.75 Å². The molecule has 1 aliphatic heterocycles. The molecule has 1 heterocycles. The molecule has 0 unspecified atom stereocenters. The van der Waals surface area contributed by atoms with Crippen molar-refractivity contribution in [1.82, 2.24) is 4.90 Å². The minimum atomic E-state index is -2.72. The van der Waals surface area contributed by atoms with Crippen molar-refractivity contribution in [1.29, 1.82) is 0 Å². The van der Waals surface area contributed by atoms with Crippen molar-refractivity contribution in [2.75, 3.05) is 19.6 Å². The predicted octanol–water partition coefficient (Wildman–Crippen LogP) is 9.41. The summed E-state index contributed by atoms with van der Waals surface area (Å²) in [4.78, 5) is 14.8. The first-order valence-corrected chi connectivity index (χ1v) is 15.7. The number of allylic oxidation sites excluding steroid dienone is 4. The lowest BCUT2D eigenvalue weighted by Gasteiger charge is -2.17. The second-order valence-corrected chi connectivity index (χ2v) is 11.1. The third kappa shape index (κ3) is 12.9. The van der Waals surface area contributed by atoms with E-state index in [0.717, 1.165) is 68.0 Å². The summed E-state index contributed by atoms with van der Waals surface area (Å²) in [5, 5.41) is 1.99.